The average molecular weight is 782 g/mol. The first-order valence-electron chi connectivity index (χ1n) is 18.6. The van der Waals surface area contributed by atoms with Crippen molar-refractivity contribution in [1.29, 1.82) is 0 Å². The van der Waals surface area contributed by atoms with E-state index in [-0.39, 0.29) is 32.1 Å². The quantitative estimate of drug-likeness (QED) is 0.140. The van der Waals surface area contributed by atoms with E-state index in [9.17, 15) is 14.4 Å². The molecule has 0 bridgehead atoms. The highest BCUT2D eigenvalue weighted by Crippen LogP contribution is 2.36. The Morgan fingerprint density at radius 3 is 2.45 bits per heavy atom. The van der Waals surface area contributed by atoms with Gasteiger partial charge in [-0.1, -0.05) is 37.7 Å². The Kier molecular flexibility index (Phi) is 10.5. The number of rotatable bonds is 11. The largest absolute Gasteiger partial charge is 0.494 e. The van der Waals surface area contributed by atoms with Gasteiger partial charge in [-0.2, -0.15) is 4.98 Å². The molecule has 3 N–H and O–H groups in total. The van der Waals surface area contributed by atoms with Crippen molar-refractivity contribution in [2.45, 2.75) is 25.4 Å². The van der Waals surface area contributed by atoms with Crippen LogP contribution in [0.2, 0.25) is 5.02 Å². The first kappa shape index (κ1) is 37.0. The van der Waals surface area contributed by atoms with Crippen LogP contribution in [0.1, 0.15) is 28.8 Å². The number of para-hydroxylation sites is 1. The maximum Gasteiger partial charge on any atom is 0.255 e. The second-order valence-electron chi connectivity index (χ2n) is 14.7. The van der Waals surface area contributed by atoms with Gasteiger partial charge in [0.2, 0.25) is 17.8 Å². The van der Waals surface area contributed by atoms with Crippen LogP contribution in [0.15, 0.2) is 66.9 Å². The Hall–Kier alpha value is -4.97. The van der Waals surface area contributed by atoms with Gasteiger partial charge in [-0.25, -0.2) is 4.98 Å². The highest BCUT2D eigenvalue weighted by Gasteiger charge is 2.40. The number of nitrogens with one attached hydrogen (secondary N) is 3. The second-order valence-corrected chi connectivity index (χ2v) is 17.4. The molecule has 0 saturated carbocycles. The van der Waals surface area contributed by atoms with Crippen molar-refractivity contribution in [3.8, 4) is 5.75 Å². The van der Waals surface area contributed by atoms with Crippen LogP contribution in [-0.2, 0) is 16.1 Å². The number of anilines is 6. The number of piperazine rings is 1. The lowest BCUT2D eigenvalue weighted by Crippen LogP contribution is -2.55. The first-order valence-corrected chi connectivity index (χ1v) is 21.3. The van der Waals surface area contributed by atoms with E-state index in [0.717, 1.165) is 74.1 Å². The second kappa shape index (κ2) is 15.6. The fourth-order valence-electron chi connectivity index (χ4n) is 7.92. The van der Waals surface area contributed by atoms with Gasteiger partial charge in [0, 0.05) is 93.4 Å². The molecule has 3 fully saturated rings. The van der Waals surface area contributed by atoms with Gasteiger partial charge in [-0.3, -0.25) is 24.6 Å². The molecule has 0 spiro atoms. The third-order valence-electron chi connectivity index (χ3n) is 10.9. The molecular formula is C40H45ClN9O4P. The molecule has 5 heterocycles. The molecule has 1 aromatic heterocycles. The number of fused-ring (bicyclic) bond motifs is 1. The monoisotopic (exact) mass is 781 g/mol. The summed E-state index contributed by atoms with van der Waals surface area (Å²) < 4.78 is 5.81. The molecule has 1 unspecified atom stereocenters. The fraction of sp³-hybridized carbons (Fsp3) is 0.375. The van der Waals surface area contributed by atoms with E-state index in [1.54, 1.807) is 18.2 Å². The van der Waals surface area contributed by atoms with Gasteiger partial charge in [0.1, 0.15) is 16.8 Å². The molecule has 3 amide bonds. The lowest BCUT2D eigenvalue weighted by atomic mass is 9.97. The molecular weight excluding hydrogens is 737 g/mol. The number of carbonyl (C=O) groups excluding carboxylic acids is 3. The van der Waals surface area contributed by atoms with Crippen LogP contribution in [0, 0.1) is 5.92 Å². The van der Waals surface area contributed by atoms with Crippen LogP contribution < -0.4 is 35.8 Å². The summed E-state index contributed by atoms with van der Waals surface area (Å²) in [7, 11) is 1.35. The lowest BCUT2D eigenvalue weighted by molar-refractivity contribution is -0.136. The minimum absolute atomic E-state index is 0.137. The minimum Gasteiger partial charge on any atom is -0.494 e. The Morgan fingerprint density at radius 1 is 0.927 bits per heavy atom. The van der Waals surface area contributed by atoms with E-state index < -0.39 is 6.04 Å². The molecule has 13 nitrogen and oxygen atoms in total. The summed E-state index contributed by atoms with van der Waals surface area (Å²) in [4.78, 5) is 55.2. The zero-order valence-corrected chi connectivity index (χ0v) is 32.9. The molecule has 4 aliphatic heterocycles. The van der Waals surface area contributed by atoms with Crippen LogP contribution in [0.5, 0.6) is 5.75 Å². The summed E-state index contributed by atoms with van der Waals surface area (Å²) in [5.41, 5.74) is 5.55. The van der Waals surface area contributed by atoms with Gasteiger partial charge in [0.15, 0.2) is 5.82 Å². The van der Waals surface area contributed by atoms with E-state index in [4.69, 9.17) is 16.3 Å². The molecule has 55 heavy (non-hydrogen) atoms. The summed E-state index contributed by atoms with van der Waals surface area (Å²) in [5, 5.41) is 10.8. The average Bonchev–Trinajstić information content (AvgIpc) is 3.49. The van der Waals surface area contributed by atoms with Crippen LogP contribution in [-0.4, -0.2) is 110 Å². The van der Waals surface area contributed by atoms with Crippen molar-refractivity contribution in [1.82, 2.24) is 25.1 Å². The standard InChI is InChI=1S/C40H45ClN9O4P/c1-54-34-19-28(9-11-31(34)44-40-42-20-30(41)37(46-40)43-32-6-4-5-7-35(32)55(2)3)48-16-14-47(15-17-48)21-25-22-49(23-25)27-8-10-29-26(18-27)24-50(39(29)53)33-12-13-36(51)45-38(33)52/h4-11,18-20,25,33H,12-17,21-24H2,1-3H3,(H,45,51,52)(H2,42,43,44,46). The summed E-state index contributed by atoms with van der Waals surface area (Å²) >= 11 is 6.51. The number of benzene rings is 3. The SMILES string of the molecule is COc1cc(N2CCN(CC3CN(c4ccc5c(c4)CN(C4CCC(=O)NC4=O)C5=O)C3)CC2)ccc1Nc1ncc(Cl)c(Nc2ccccc2P(C)C)n1. The zero-order valence-electron chi connectivity index (χ0n) is 31.2. The number of amides is 3. The Bertz CT molecular complexity index is 2120. The highest BCUT2D eigenvalue weighted by molar-refractivity contribution is 7.64. The lowest BCUT2D eigenvalue weighted by Gasteiger charge is -2.45. The zero-order chi connectivity index (χ0) is 38.2. The Labute approximate surface area is 327 Å². The number of hydrogen-bond acceptors (Lipinski definition) is 11. The highest BCUT2D eigenvalue weighted by atomic mass is 35.5. The van der Waals surface area contributed by atoms with Gasteiger partial charge in [0.25, 0.3) is 5.91 Å². The summed E-state index contributed by atoms with van der Waals surface area (Å²) in [6.07, 6.45) is 2.22. The van der Waals surface area contributed by atoms with E-state index >= 15 is 0 Å². The van der Waals surface area contributed by atoms with Crippen molar-refractivity contribution < 1.29 is 19.1 Å². The summed E-state index contributed by atoms with van der Waals surface area (Å²) in [5.74, 6) is 1.43. The Morgan fingerprint density at radius 2 is 1.69 bits per heavy atom. The maximum atomic E-state index is 13.1. The van der Waals surface area contributed by atoms with Crippen LogP contribution in [0.3, 0.4) is 0 Å². The smallest absolute Gasteiger partial charge is 0.255 e. The third-order valence-corrected chi connectivity index (χ3v) is 12.5. The van der Waals surface area contributed by atoms with Crippen molar-refractivity contribution in [2.75, 3.05) is 86.7 Å². The van der Waals surface area contributed by atoms with Crippen LogP contribution >= 0.6 is 19.5 Å². The predicted octanol–water partition coefficient (Wildman–Crippen LogP) is 5.01. The summed E-state index contributed by atoms with van der Waals surface area (Å²) in [6, 6.07) is 19.8. The third kappa shape index (κ3) is 7.78. The van der Waals surface area contributed by atoms with Gasteiger partial charge in [-0.15, -0.1) is 0 Å². The molecule has 0 radical (unpaired) electrons. The topological polar surface area (TPSA) is 135 Å². The van der Waals surface area contributed by atoms with E-state index in [1.165, 1.54) is 5.30 Å². The molecule has 3 aromatic carbocycles. The maximum absolute atomic E-state index is 13.1. The predicted molar refractivity (Wildman–Crippen MR) is 218 cm³/mol. The minimum atomic E-state index is -0.597. The van der Waals surface area contributed by atoms with Crippen molar-refractivity contribution in [3.05, 3.63) is 83.0 Å². The van der Waals surface area contributed by atoms with Gasteiger partial charge >= 0.3 is 0 Å². The van der Waals surface area contributed by atoms with Crippen molar-refractivity contribution in [2.24, 2.45) is 5.92 Å². The molecule has 1 atom stereocenters. The number of carbonyl (C=O) groups is 3. The van der Waals surface area contributed by atoms with Gasteiger partial charge in [0.05, 0.1) is 19.0 Å². The van der Waals surface area contributed by atoms with E-state index in [1.807, 2.05) is 36.4 Å². The molecule has 3 saturated heterocycles. The number of hydrogen-bond donors (Lipinski definition) is 3. The molecule has 4 aromatic rings. The molecule has 286 valence electrons. The molecule has 8 rings (SSSR count). The Balaban J connectivity index is 0.826. The number of piperidine rings is 1. The summed E-state index contributed by atoms with van der Waals surface area (Å²) in [6.45, 7) is 11.6. The van der Waals surface area contributed by atoms with Gasteiger partial charge < -0.3 is 30.1 Å². The van der Waals surface area contributed by atoms with Crippen molar-refractivity contribution >= 4 is 77.1 Å². The van der Waals surface area contributed by atoms with Crippen molar-refractivity contribution in [3.63, 3.8) is 0 Å². The number of methoxy groups -OCH3 is 1. The van der Waals surface area contributed by atoms with Crippen LogP contribution in [0.25, 0.3) is 0 Å². The van der Waals surface area contributed by atoms with Crippen LogP contribution in [0.4, 0.5) is 34.5 Å². The number of ether oxygens (including phenoxy) is 1. The molecule has 4 aliphatic rings. The molecule has 0 aliphatic carbocycles. The molecule has 15 heteroatoms. The normalized spacial score (nSPS) is 19.0. The van der Waals surface area contributed by atoms with E-state index in [2.05, 4.69) is 78.2 Å². The first-order chi connectivity index (χ1) is 26.6. The fourth-order valence-corrected chi connectivity index (χ4v) is 9.05. The number of aromatic nitrogens is 2. The van der Waals surface area contributed by atoms with E-state index in [0.29, 0.717) is 47.0 Å². The van der Waals surface area contributed by atoms with Gasteiger partial charge in [-0.05, 0) is 67.0 Å². The number of imide groups is 1. The number of halogens is 1. The number of nitrogens with zero attached hydrogens (tertiary/aromatic N) is 6.